The van der Waals surface area contributed by atoms with Crippen molar-refractivity contribution in [3.05, 3.63) is 70.3 Å². The van der Waals surface area contributed by atoms with Crippen LogP contribution in [0.3, 0.4) is 0 Å². The number of aromatic carboxylic acids is 1. The Morgan fingerprint density at radius 1 is 1.25 bits per heavy atom. The van der Waals surface area contributed by atoms with Crippen molar-refractivity contribution in [2.75, 3.05) is 16.8 Å². The molecule has 0 aromatic heterocycles. The number of fused-ring (bicyclic) bond motifs is 3. The lowest BCUT2D eigenvalue weighted by atomic mass is 9.76. The number of hydrogen-bond acceptors (Lipinski definition) is 4. The lowest BCUT2D eigenvalue weighted by Gasteiger charge is -2.38. The molecule has 0 spiro atoms. The van der Waals surface area contributed by atoms with E-state index in [1.165, 1.54) is 11.6 Å². The first-order chi connectivity index (χ1) is 13.6. The zero-order chi connectivity index (χ0) is 19.3. The molecule has 2 aromatic rings. The van der Waals surface area contributed by atoms with Gasteiger partial charge in [-0.05, 0) is 47.7 Å². The average Bonchev–Trinajstić information content (AvgIpc) is 3.14. The number of anilines is 1. The molecule has 2 heterocycles. The van der Waals surface area contributed by atoms with Crippen molar-refractivity contribution in [1.29, 1.82) is 0 Å². The summed E-state index contributed by atoms with van der Waals surface area (Å²) in [6.07, 6.45) is 5.63. The van der Waals surface area contributed by atoms with E-state index in [0.29, 0.717) is 17.0 Å². The minimum Gasteiger partial charge on any atom is -0.489 e. The van der Waals surface area contributed by atoms with Gasteiger partial charge in [-0.1, -0.05) is 35.9 Å². The van der Waals surface area contributed by atoms with Crippen LogP contribution in [-0.2, 0) is 0 Å². The van der Waals surface area contributed by atoms with Gasteiger partial charge in [-0.15, -0.1) is 0 Å². The minimum absolute atomic E-state index is 0.0972. The van der Waals surface area contributed by atoms with Crippen LogP contribution >= 0.6 is 23.4 Å². The predicted molar refractivity (Wildman–Crippen MR) is 113 cm³/mol. The fourth-order valence-electron chi connectivity index (χ4n) is 4.36. The van der Waals surface area contributed by atoms with Crippen LogP contribution in [0.15, 0.2) is 48.6 Å². The summed E-state index contributed by atoms with van der Waals surface area (Å²) in [6, 6.07) is 11.7. The molecule has 1 saturated heterocycles. The van der Waals surface area contributed by atoms with E-state index in [-0.39, 0.29) is 17.5 Å². The highest BCUT2D eigenvalue weighted by molar-refractivity contribution is 8.00. The summed E-state index contributed by atoms with van der Waals surface area (Å²) in [7, 11) is 0. The Bertz CT molecular complexity index is 972. The average molecular weight is 414 g/mol. The summed E-state index contributed by atoms with van der Waals surface area (Å²) >= 11 is 8.39. The third-order valence-corrected chi connectivity index (χ3v) is 7.31. The highest BCUT2D eigenvalue weighted by Gasteiger charge is 2.39. The number of benzene rings is 2. The SMILES string of the molecule is O=C(O)c1cc(Cl)c2c(c1)[C@H]1C=CC[C@H]1[C@H](c1cccc(OC3CSC3)c1)N2. The van der Waals surface area contributed by atoms with Gasteiger partial charge in [0.2, 0.25) is 0 Å². The van der Waals surface area contributed by atoms with E-state index >= 15 is 0 Å². The van der Waals surface area contributed by atoms with Crippen molar-refractivity contribution in [2.45, 2.75) is 24.5 Å². The van der Waals surface area contributed by atoms with Crippen molar-refractivity contribution >= 4 is 35.0 Å². The zero-order valence-electron chi connectivity index (χ0n) is 15.1. The zero-order valence-corrected chi connectivity index (χ0v) is 16.7. The third kappa shape index (κ3) is 3.07. The van der Waals surface area contributed by atoms with Gasteiger partial charge in [0.1, 0.15) is 11.9 Å². The Hall–Kier alpha value is -2.11. The number of thioether (sulfide) groups is 1. The predicted octanol–water partition coefficient (Wildman–Crippen LogP) is 5.36. The van der Waals surface area contributed by atoms with Gasteiger partial charge in [0, 0.05) is 17.4 Å². The number of rotatable bonds is 4. The molecule has 1 aliphatic carbocycles. The van der Waals surface area contributed by atoms with Crippen LogP contribution in [0.5, 0.6) is 5.75 Å². The first kappa shape index (κ1) is 18.0. The standard InChI is InChI=1S/C22H20ClNO3S/c23-19-9-13(22(25)26)8-18-16-5-2-6-17(16)20(24-21(18)19)12-3-1-4-14(7-12)27-15-10-28-11-15/h1-5,7-9,15-17,20,24H,6,10-11H2,(H,25,26)/t16-,17+,20-/m0/s1. The maximum absolute atomic E-state index is 11.5. The molecule has 144 valence electrons. The number of carboxylic acid groups (broad SMARTS) is 1. The second kappa shape index (κ2) is 7.05. The fourth-order valence-corrected chi connectivity index (χ4v) is 5.21. The molecule has 2 aromatic carbocycles. The minimum atomic E-state index is -0.954. The van der Waals surface area contributed by atoms with E-state index in [0.717, 1.165) is 34.9 Å². The van der Waals surface area contributed by atoms with Crippen molar-refractivity contribution in [2.24, 2.45) is 5.92 Å². The van der Waals surface area contributed by atoms with E-state index in [1.807, 2.05) is 23.9 Å². The number of hydrogen-bond donors (Lipinski definition) is 2. The Morgan fingerprint density at radius 2 is 2.11 bits per heavy atom. The molecule has 6 heteroatoms. The maximum atomic E-state index is 11.5. The first-order valence-corrected chi connectivity index (χ1v) is 11.0. The van der Waals surface area contributed by atoms with E-state index in [1.54, 1.807) is 6.07 Å². The molecule has 5 rings (SSSR count). The number of carbonyl (C=O) groups is 1. The smallest absolute Gasteiger partial charge is 0.335 e. The van der Waals surface area contributed by atoms with E-state index < -0.39 is 5.97 Å². The van der Waals surface area contributed by atoms with Crippen LogP contribution in [0.4, 0.5) is 5.69 Å². The van der Waals surface area contributed by atoms with Gasteiger partial charge in [-0.2, -0.15) is 11.8 Å². The second-order valence-electron chi connectivity index (χ2n) is 7.55. The lowest BCUT2D eigenvalue weighted by Crippen LogP contribution is -2.31. The van der Waals surface area contributed by atoms with Crippen LogP contribution in [0.2, 0.25) is 5.02 Å². The molecule has 28 heavy (non-hydrogen) atoms. The van der Waals surface area contributed by atoms with Gasteiger partial charge < -0.3 is 15.2 Å². The molecule has 0 saturated carbocycles. The topological polar surface area (TPSA) is 58.6 Å². The number of nitrogens with one attached hydrogen (secondary N) is 1. The highest BCUT2D eigenvalue weighted by atomic mass is 35.5. The molecule has 3 aliphatic rings. The number of ether oxygens (including phenoxy) is 1. The largest absolute Gasteiger partial charge is 0.489 e. The summed E-state index contributed by atoms with van der Waals surface area (Å²) < 4.78 is 6.07. The fraction of sp³-hybridized carbons (Fsp3) is 0.318. The molecular weight excluding hydrogens is 394 g/mol. The van der Waals surface area contributed by atoms with Gasteiger partial charge in [-0.25, -0.2) is 4.79 Å². The number of carboxylic acids is 1. The van der Waals surface area contributed by atoms with Crippen LogP contribution in [0.25, 0.3) is 0 Å². The van der Waals surface area contributed by atoms with E-state index in [2.05, 4.69) is 29.6 Å². The van der Waals surface area contributed by atoms with Crippen molar-refractivity contribution in [3.63, 3.8) is 0 Å². The van der Waals surface area contributed by atoms with Crippen LogP contribution in [0.1, 0.15) is 39.9 Å². The van der Waals surface area contributed by atoms with Gasteiger partial charge in [-0.3, -0.25) is 0 Å². The molecule has 1 fully saturated rings. The first-order valence-electron chi connectivity index (χ1n) is 9.44. The summed E-state index contributed by atoms with van der Waals surface area (Å²) in [5, 5.41) is 13.5. The Kier molecular flexibility index (Phi) is 4.52. The second-order valence-corrected chi connectivity index (χ2v) is 9.03. The van der Waals surface area contributed by atoms with E-state index in [9.17, 15) is 9.90 Å². The summed E-state index contributed by atoms with van der Waals surface area (Å²) in [4.78, 5) is 11.5. The molecular formula is C22H20ClNO3S. The van der Waals surface area contributed by atoms with Gasteiger partial charge in [0.25, 0.3) is 0 Å². The Morgan fingerprint density at radius 3 is 2.86 bits per heavy atom. The van der Waals surface area contributed by atoms with Gasteiger partial charge in [0.05, 0.1) is 22.3 Å². The molecule has 2 aliphatic heterocycles. The lowest BCUT2D eigenvalue weighted by molar-refractivity contribution is 0.0696. The summed E-state index contributed by atoms with van der Waals surface area (Å²) in [6.45, 7) is 0. The van der Waals surface area contributed by atoms with Crippen LogP contribution < -0.4 is 10.1 Å². The van der Waals surface area contributed by atoms with Crippen molar-refractivity contribution < 1.29 is 14.6 Å². The molecule has 0 bridgehead atoms. The van der Waals surface area contributed by atoms with Crippen LogP contribution in [0, 0.1) is 5.92 Å². The van der Waals surface area contributed by atoms with Crippen molar-refractivity contribution in [3.8, 4) is 5.75 Å². The number of halogens is 1. The van der Waals surface area contributed by atoms with E-state index in [4.69, 9.17) is 16.3 Å². The highest BCUT2D eigenvalue weighted by Crippen LogP contribution is 2.52. The molecule has 2 N–H and O–H groups in total. The van der Waals surface area contributed by atoms with Gasteiger partial charge in [0.15, 0.2) is 0 Å². The summed E-state index contributed by atoms with van der Waals surface area (Å²) in [5.74, 6) is 2.53. The molecule has 0 amide bonds. The number of allylic oxidation sites excluding steroid dienone is 2. The van der Waals surface area contributed by atoms with Crippen LogP contribution in [-0.4, -0.2) is 28.7 Å². The Balaban J connectivity index is 1.51. The summed E-state index contributed by atoms with van der Waals surface area (Å²) in [5.41, 5.74) is 3.22. The van der Waals surface area contributed by atoms with Crippen molar-refractivity contribution in [1.82, 2.24) is 0 Å². The third-order valence-electron chi connectivity index (χ3n) is 5.80. The molecule has 0 unspecified atom stereocenters. The maximum Gasteiger partial charge on any atom is 0.335 e. The monoisotopic (exact) mass is 413 g/mol. The van der Waals surface area contributed by atoms with Gasteiger partial charge >= 0.3 is 5.97 Å². The molecule has 4 nitrogen and oxygen atoms in total. The quantitative estimate of drug-likeness (QED) is 0.661. The molecule has 3 atom stereocenters. The Labute approximate surface area is 172 Å². The molecule has 0 radical (unpaired) electrons. The normalized spacial score (nSPS) is 25.4.